The number of hydrogen-bond acceptors (Lipinski definition) is 5. The van der Waals surface area contributed by atoms with Crippen LogP contribution in [0.15, 0.2) is 38.7 Å². The van der Waals surface area contributed by atoms with Crippen LogP contribution in [0.4, 0.5) is 0 Å². The van der Waals surface area contributed by atoms with E-state index in [2.05, 4.69) is 26.1 Å². The third-order valence-electron chi connectivity index (χ3n) is 3.30. The normalized spacial score (nSPS) is 10.6. The van der Waals surface area contributed by atoms with Crippen LogP contribution in [-0.4, -0.2) is 51.5 Å². The summed E-state index contributed by atoms with van der Waals surface area (Å²) in [6.45, 7) is 3.27. The number of carbonyl (C=O) groups excluding carboxylic acids is 1. The molecular weight excluding hydrogens is 396 g/mol. The Labute approximate surface area is 152 Å². The van der Waals surface area contributed by atoms with E-state index in [-0.39, 0.29) is 17.3 Å². The number of rotatable bonds is 8. The van der Waals surface area contributed by atoms with E-state index in [1.54, 1.807) is 11.9 Å². The average molecular weight is 415 g/mol. The molecule has 0 radical (unpaired) electrons. The van der Waals surface area contributed by atoms with Gasteiger partial charge in [-0.15, -0.1) is 5.10 Å². The van der Waals surface area contributed by atoms with E-state index >= 15 is 0 Å². The molecule has 1 aromatic heterocycles. The maximum absolute atomic E-state index is 12.1. The number of amides is 1. The molecule has 0 aliphatic rings. The molecule has 0 saturated carbocycles. The number of halogens is 1. The summed E-state index contributed by atoms with van der Waals surface area (Å²) in [4.78, 5) is 25.2. The van der Waals surface area contributed by atoms with Crippen molar-refractivity contribution in [1.29, 1.82) is 0 Å². The second-order valence-corrected chi connectivity index (χ2v) is 6.82. The largest absolute Gasteiger partial charge is 0.492 e. The van der Waals surface area contributed by atoms with Crippen molar-refractivity contribution < 1.29 is 9.53 Å². The van der Waals surface area contributed by atoms with Gasteiger partial charge in [0.1, 0.15) is 12.4 Å². The van der Waals surface area contributed by atoms with Crippen molar-refractivity contribution in [2.45, 2.75) is 18.6 Å². The van der Waals surface area contributed by atoms with Crippen LogP contribution in [0.3, 0.4) is 0 Å². The predicted octanol–water partition coefficient (Wildman–Crippen LogP) is 1.98. The van der Waals surface area contributed by atoms with E-state index in [1.165, 1.54) is 16.3 Å². The Morgan fingerprint density at radius 3 is 2.79 bits per heavy atom. The summed E-state index contributed by atoms with van der Waals surface area (Å²) in [6, 6.07) is 7.53. The number of thioether (sulfide) groups is 1. The standard InChI is InChI=1S/C15H19BrN4O3S/c1-3-20-14(22)17-18-15(20)24-10-13(21)19(2)8-9-23-12-6-4-11(16)5-7-12/h4-7H,3,8-10H2,1-2H3,(H,17,22). The van der Waals surface area contributed by atoms with Gasteiger partial charge in [0.25, 0.3) is 0 Å². The van der Waals surface area contributed by atoms with Gasteiger partial charge in [0.15, 0.2) is 5.16 Å². The zero-order valence-corrected chi connectivity index (χ0v) is 15.9. The second-order valence-electron chi connectivity index (χ2n) is 4.96. The molecule has 0 aliphatic heterocycles. The van der Waals surface area contributed by atoms with Gasteiger partial charge in [-0.1, -0.05) is 27.7 Å². The van der Waals surface area contributed by atoms with Gasteiger partial charge >= 0.3 is 5.69 Å². The molecule has 2 aromatic rings. The number of carbonyl (C=O) groups is 1. The van der Waals surface area contributed by atoms with Gasteiger partial charge in [0, 0.05) is 18.1 Å². The number of nitrogens with one attached hydrogen (secondary N) is 1. The van der Waals surface area contributed by atoms with Crippen LogP contribution < -0.4 is 10.4 Å². The van der Waals surface area contributed by atoms with E-state index in [1.807, 2.05) is 31.2 Å². The molecule has 0 fully saturated rings. The Morgan fingerprint density at radius 2 is 2.12 bits per heavy atom. The number of benzene rings is 1. The highest BCUT2D eigenvalue weighted by atomic mass is 79.9. The predicted molar refractivity (Wildman–Crippen MR) is 96.5 cm³/mol. The fourth-order valence-corrected chi connectivity index (χ4v) is 3.10. The van der Waals surface area contributed by atoms with Gasteiger partial charge in [0.2, 0.25) is 5.91 Å². The average Bonchev–Trinajstić information content (AvgIpc) is 2.94. The first-order chi connectivity index (χ1) is 11.5. The number of likely N-dealkylation sites (N-methyl/N-ethyl adjacent to an activating group) is 1. The first-order valence-electron chi connectivity index (χ1n) is 7.41. The van der Waals surface area contributed by atoms with E-state index < -0.39 is 0 Å². The number of aromatic amines is 1. The van der Waals surface area contributed by atoms with Crippen LogP contribution in [0.5, 0.6) is 5.75 Å². The molecule has 0 aliphatic carbocycles. The lowest BCUT2D eigenvalue weighted by atomic mass is 10.3. The Kier molecular flexibility index (Phi) is 6.92. The highest BCUT2D eigenvalue weighted by Gasteiger charge is 2.13. The molecule has 0 atom stereocenters. The highest BCUT2D eigenvalue weighted by molar-refractivity contribution is 9.10. The molecule has 1 amide bonds. The molecule has 0 spiro atoms. The SMILES string of the molecule is CCn1c(SCC(=O)N(C)CCOc2ccc(Br)cc2)n[nH]c1=O. The molecule has 1 aromatic carbocycles. The number of aromatic nitrogens is 3. The highest BCUT2D eigenvalue weighted by Crippen LogP contribution is 2.16. The van der Waals surface area contributed by atoms with E-state index in [9.17, 15) is 9.59 Å². The lowest BCUT2D eigenvalue weighted by Crippen LogP contribution is -2.32. The van der Waals surface area contributed by atoms with E-state index in [0.717, 1.165) is 10.2 Å². The van der Waals surface area contributed by atoms with Crippen molar-refractivity contribution in [2.75, 3.05) is 26.0 Å². The third-order valence-corrected chi connectivity index (χ3v) is 4.79. The Morgan fingerprint density at radius 1 is 1.42 bits per heavy atom. The first-order valence-corrected chi connectivity index (χ1v) is 9.19. The summed E-state index contributed by atoms with van der Waals surface area (Å²) in [5, 5.41) is 6.83. The van der Waals surface area contributed by atoms with Crippen molar-refractivity contribution >= 4 is 33.6 Å². The quantitative estimate of drug-likeness (QED) is 0.667. The minimum absolute atomic E-state index is 0.0440. The zero-order chi connectivity index (χ0) is 17.5. The van der Waals surface area contributed by atoms with E-state index in [4.69, 9.17) is 4.74 Å². The molecule has 2 rings (SSSR count). The fourth-order valence-electron chi connectivity index (χ4n) is 1.88. The van der Waals surface area contributed by atoms with Crippen LogP contribution >= 0.6 is 27.7 Å². The van der Waals surface area contributed by atoms with Gasteiger partial charge < -0.3 is 9.64 Å². The zero-order valence-electron chi connectivity index (χ0n) is 13.5. The molecular formula is C15H19BrN4O3S. The number of ether oxygens (including phenoxy) is 1. The molecule has 9 heteroatoms. The van der Waals surface area contributed by atoms with Crippen LogP contribution in [0.2, 0.25) is 0 Å². The molecule has 24 heavy (non-hydrogen) atoms. The second kappa shape index (κ2) is 8.93. The first kappa shape index (κ1) is 18.6. The summed E-state index contributed by atoms with van der Waals surface area (Å²) < 4.78 is 8.08. The minimum Gasteiger partial charge on any atom is -0.492 e. The summed E-state index contributed by atoms with van der Waals surface area (Å²) >= 11 is 4.61. The van der Waals surface area contributed by atoms with Crippen molar-refractivity contribution in [1.82, 2.24) is 19.7 Å². The minimum atomic E-state index is -0.260. The molecule has 0 bridgehead atoms. The Bertz CT molecular complexity index is 729. The van der Waals surface area contributed by atoms with E-state index in [0.29, 0.717) is 24.9 Å². The maximum Gasteiger partial charge on any atom is 0.343 e. The third kappa shape index (κ3) is 5.13. The topological polar surface area (TPSA) is 80.2 Å². The van der Waals surface area contributed by atoms with Gasteiger partial charge in [-0.25, -0.2) is 9.89 Å². The number of nitrogens with zero attached hydrogens (tertiary/aromatic N) is 3. The van der Waals surface area contributed by atoms with Crippen molar-refractivity contribution in [3.8, 4) is 5.75 Å². The number of hydrogen-bond donors (Lipinski definition) is 1. The summed E-state index contributed by atoms with van der Waals surface area (Å²) in [5.74, 6) is 0.938. The lowest BCUT2D eigenvalue weighted by Gasteiger charge is -2.17. The lowest BCUT2D eigenvalue weighted by molar-refractivity contribution is -0.127. The van der Waals surface area contributed by atoms with Gasteiger partial charge in [0.05, 0.1) is 12.3 Å². The smallest absolute Gasteiger partial charge is 0.343 e. The summed E-state index contributed by atoms with van der Waals surface area (Å²) in [6.07, 6.45) is 0. The maximum atomic E-state index is 12.1. The molecule has 7 nitrogen and oxygen atoms in total. The van der Waals surface area contributed by atoms with Crippen molar-refractivity contribution in [3.63, 3.8) is 0 Å². The number of H-pyrrole nitrogens is 1. The Hall–Kier alpha value is -1.74. The van der Waals surface area contributed by atoms with Crippen LogP contribution in [0.1, 0.15) is 6.92 Å². The molecule has 130 valence electrons. The fraction of sp³-hybridized carbons (Fsp3) is 0.400. The van der Waals surface area contributed by atoms with Crippen LogP contribution in [-0.2, 0) is 11.3 Å². The van der Waals surface area contributed by atoms with Gasteiger partial charge in [-0.05, 0) is 31.2 Å². The summed E-state index contributed by atoms with van der Waals surface area (Å²) in [7, 11) is 1.73. The summed E-state index contributed by atoms with van der Waals surface area (Å²) in [5.41, 5.74) is -0.260. The monoisotopic (exact) mass is 414 g/mol. The van der Waals surface area contributed by atoms with Gasteiger partial charge in [-0.3, -0.25) is 9.36 Å². The Balaban J connectivity index is 1.75. The van der Waals surface area contributed by atoms with Crippen molar-refractivity contribution in [3.05, 3.63) is 39.2 Å². The molecule has 0 unspecified atom stereocenters. The molecule has 1 heterocycles. The molecule has 0 saturated heterocycles. The van der Waals surface area contributed by atoms with Gasteiger partial charge in [-0.2, -0.15) is 0 Å². The molecule has 1 N–H and O–H groups in total. The van der Waals surface area contributed by atoms with Crippen molar-refractivity contribution in [2.24, 2.45) is 0 Å². The van der Waals surface area contributed by atoms with Crippen LogP contribution in [0.25, 0.3) is 0 Å². The van der Waals surface area contributed by atoms with Crippen LogP contribution in [0, 0.1) is 0 Å².